The topological polar surface area (TPSA) is 116 Å². The SMILES string of the molecule is N#CCNC(=O)C(CNC(=O)c1ccccc1)S(=O)(=O)Cc1ccc(Cl)s1. The number of nitrogens with zero attached hydrogens (tertiary/aromatic N) is 1. The van der Waals surface area contributed by atoms with Gasteiger partial charge in [-0.3, -0.25) is 9.59 Å². The number of nitrogens with one attached hydrogen (secondary N) is 2. The molecule has 7 nitrogen and oxygen atoms in total. The molecule has 2 N–H and O–H groups in total. The second-order valence-electron chi connectivity index (χ2n) is 5.45. The van der Waals surface area contributed by atoms with Crippen molar-refractivity contribution in [3.05, 3.63) is 57.2 Å². The van der Waals surface area contributed by atoms with Crippen LogP contribution in [-0.4, -0.2) is 38.6 Å². The van der Waals surface area contributed by atoms with Crippen molar-refractivity contribution in [2.45, 2.75) is 11.0 Å². The summed E-state index contributed by atoms with van der Waals surface area (Å²) in [7, 11) is -3.95. The highest BCUT2D eigenvalue weighted by molar-refractivity contribution is 7.92. The van der Waals surface area contributed by atoms with Crippen LogP contribution < -0.4 is 10.6 Å². The molecule has 1 aromatic heterocycles. The summed E-state index contributed by atoms with van der Waals surface area (Å²) >= 11 is 6.92. The fourth-order valence-corrected chi connectivity index (χ4v) is 5.28. The maximum atomic E-state index is 12.7. The molecule has 10 heteroatoms. The zero-order valence-corrected chi connectivity index (χ0v) is 16.4. The second kappa shape index (κ2) is 9.50. The molecule has 0 saturated heterocycles. The van der Waals surface area contributed by atoms with Gasteiger partial charge >= 0.3 is 0 Å². The third kappa shape index (κ3) is 6.06. The number of amides is 2. The Morgan fingerprint density at radius 3 is 2.44 bits per heavy atom. The van der Waals surface area contributed by atoms with E-state index in [1.54, 1.807) is 48.5 Å². The highest BCUT2D eigenvalue weighted by atomic mass is 35.5. The van der Waals surface area contributed by atoms with E-state index in [-0.39, 0.29) is 6.54 Å². The molecule has 0 aliphatic heterocycles. The smallest absolute Gasteiger partial charge is 0.251 e. The quantitative estimate of drug-likeness (QED) is 0.625. The van der Waals surface area contributed by atoms with Gasteiger partial charge < -0.3 is 10.6 Å². The molecule has 27 heavy (non-hydrogen) atoms. The third-order valence-electron chi connectivity index (χ3n) is 3.52. The van der Waals surface area contributed by atoms with Crippen molar-refractivity contribution in [2.24, 2.45) is 0 Å². The van der Waals surface area contributed by atoms with Gasteiger partial charge in [0.05, 0.1) is 16.2 Å². The molecule has 2 rings (SSSR count). The van der Waals surface area contributed by atoms with Gasteiger partial charge in [0, 0.05) is 17.0 Å². The lowest BCUT2D eigenvalue weighted by atomic mass is 10.2. The summed E-state index contributed by atoms with van der Waals surface area (Å²) in [5.41, 5.74) is 0.344. The van der Waals surface area contributed by atoms with Crippen molar-refractivity contribution in [1.29, 1.82) is 5.26 Å². The number of hydrogen-bond donors (Lipinski definition) is 2. The summed E-state index contributed by atoms with van der Waals surface area (Å²) in [4.78, 5) is 24.9. The lowest BCUT2D eigenvalue weighted by molar-refractivity contribution is -0.120. The monoisotopic (exact) mass is 425 g/mol. The first kappa shape index (κ1) is 20.9. The third-order valence-corrected chi connectivity index (χ3v) is 6.90. The minimum atomic E-state index is -3.95. The van der Waals surface area contributed by atoms with Crippen LogP contribution in [0, 0.1) is 11.3 Å². The number of halogens is 1. The Hall–Kier alpha value is -2.41. The van der Waals surface area contributed by atoms with Crippen molar-refractivity contribution in [3.63, 3.8) is 0 Å². The van der Waals surface area contributed by atoms with Gasteiger partial charge in [-0.2, -0.15) is 5.26 Å². The average Bonchev–Trinajstić information content (AvgIpc) is 3.04. The molecule has 2 amide bonds. The molecule has 1 aromatic carbocycles. The Balaban J connectivity index is 2.16. The number of thiophene rings is 1. The summed E-state index contributed by atoms with van der Waals surface area (Å²) in [5.74, 6) is -1.73. The number of sulfone groups is 1. The molecule has 2 aromatic rings. The van der Waals surface area contributed by atoms with Crippen LogP contribution in [-0.2, 0) is 20.4 Å². The zero-order valence-electron chi connectivity index (χ0n) is 14.0. The van der Waals surface area contributed by atoms with Gasteiger partial charge in [-0.25, -0.2) is 8.42 Å². The molecule has 0 aliphatic carbocycles. The maximum absolute atomic E-state index is 12.7. The first-order valence-corrected chi connectivity index (χ1v) is 10.7. The zero-order chi connectivity index (χ0) is 19.9. The molecule has 1 heterocycles. The van der Waals surface area contributed by atoms with E-state index in [1.165, 1.54) is 0 Å². The lowest BCUT2D eigenvalue weighted by Gasteiger charge is -2.17. The van der Waals surface area contributed by atoms with Crippen LogP contribution in [0.1, 0.15) is 15.2 Å². The van der Waals surface area contributed by atoms with Gasteiger partial charge in [0.2, 0.25) is 5.91 Å². The molecule has 0 bridgehead atoms. The van der Waals surface area contributed by atoms with E-state index < -0.39 is 39.2 Å². The lowest BCUT2D eigenvalue weighted by Crippen LogP contribution is -2.47. The van der Waals surface area contributed by atoms with Gasteiger partial charge in [-0.15, -0.1) is 11.3 Å². The fraction of sp³-hybridized carbons (Fsp3) is 0.235. The van der Waals surface area contributed by atoms with E-state index in [0.29, 0.717) is 14.8 Å². The largest absolute Gasteiger partial charge is 0.350 e. The van der Waals surface area contributed by atoms with E-state index in [1.807, 2.05) is 0 Å². The van der Waals surface area contributed by atoms with Crippen LogP contribution in [0.4, 0.5) is 0 Å². The van der Waals surface area contributed by atoms with Crippen LogP contribution in [0.25, 0.3) is 0 Å². The molecule has 1 atom stereocenters. The Bertz CT molecular complexity index is 952. The van der Waals surface area contributed by atoms with Crippen molar-refractivity contribution >= 4 is 44.6 Å². The number of carbonyl (C=O) groups excluding carboxylic acids is 2. The van der Waals surface area contributed by atoms with Crippen molar-refractivity contribution < 1.29 is 18.0 Å². The van der Waals surface area contributed by atoms with Gasteiger partial charge in [0.25, 0.3) is 5.91 Å². The van der Waals surface area contributed by atoms with Crippen molar-refractivity contribution in [1.82, 2.24) is 10.6 Å². The predicted molar refractivity (Wildman–Crippen MR) is 103 cm³/mol. The minimum Gasteiger partial charge on any atom is -0.350 e. The number of rotatable bonds is 8. The van der Waals surface area contributed by atoms with E-state index in [4.69, 9.17) is 16.9 Å². The summed E-state index contributed by atoms with van der Waals surface area (Å²) in [6.45, 7) is -0.741. The molecule has 142 valence electrons. The number of nitriles is 1. The highest BCUT2D eigenvalue weighted by Crippen LogP contribution is 2.24. The van der Waals surface area contributed by atoms with Crippen LogP contribution >= 0.6 is 22.9 Å². The Morgan fingerprint density at radius 1 is 1.15 bits per heavy atom. The standard InChI is InChI=1S/C17H16ClN3O4S2/c18-15-7-6-13(26-15)11-27(24,25)14(17(23)20-9-8-19)10-21-16(22)12-4-2-1-3-5-12/h1-7,14H,9-11H2,(H,20,23)(H,21,22). The van der Waals surface area contributed by atoms with Crippen LogP contribution in [0.5, 0.6) is 0 Å². The molecule has 0 saturated carbocycles. The van der Waals surface area contributed by atoms with Crippen LogP contribution in [0.3, 0.4) is 0 Å². The highest BCUT2D eigenvalue weighted by Gasteiger charge is 2.33. The summed E-state index contributed by atoms with van der Waals surface area (Å²) < 4.78 is 25.9. The molecular weight excluding hydrogens is 410 g/mol. The first-order valence-electron chi connectivity index (χ1n) is 7.77. The summed E-state index contributed by atoms with van der Waals surface area (Å²) in [5, 5.41) is 11.8. The summed E-state index contributed by atoms with van der Waals surface area (Å²) in [6.07, 6.45) is 0. The van der Waals surface area contributed by atoms with Gasteiger partial charge in [0.1, 0.15) is 6.54 Å². The molecule has 0 spiro atoms. The number of benzene rings is 1. The molecule has 1 unspecified atom stereocenters. The molecule has 0 aliphatic rings. The fourth-order valence-electron chi connectivity index (χ4n) is 2.23. The average molecular weight is 426 g/mol. The van der Waals surface area contributed by atoms with Crippen molar-refractivity contribution in [3.8, 4) is 6.07 Å². The van der Waals surface area contributed by atoms with E-state index >= 15 is 0 Å². The van der Waals surface area contributed by atoms with Crippen LogP contribution in [0.2, 0.25) is 4.34 Å². The Morgan fingerprint density at radius 2 is 1.85 bits per heavy atom. The van der Waals surface area contributed by atoms with Crippen molar-refractivity contribution in [2.75, 3.05) is 13.1 Å². The molecule has 0 radical (unpaired) electrons. The normalized spacial score (nSPS) is 12.0. The first-order chi connectivity index (χ1) is 12.8. The Labute approximate surface area is 165 Å². The number of carbonyl (C=O) groups is 2. The van der Waals surface area contributed by atoms with Gasteiger partial charge in [-0.1, -0.05) is 29.8 Å². The van der Waals surface area contributed by atoms with E-state index in [2.05, 4.69) is 10.6 Å². The predicted octanol–water partition coefficient (Wildman–Crippen LogP) is 1.75. The molecule has 0 fully saturated rings. The molecular formula is C17H16ClN3O4S2. The second-order valence-corrected chi connectivity index (χ2v) is 9.44. The summed E-state index contributed by atoms with van der Waals surface area (Å²) in [6, 6.07) is 13.1. The van der Waals surface area contributed by atoms with E-state index in [9.17, 15) is 18.0 Å². The maximum Gasteiger partial charge on any atom is 0.251 e. The Kier molecular flexibility index (Phi) is 7.36. The number of hydrogen-bond acceptors (Lipinski definition) is 6. The van der Waals surface area contributed by atoms with Gasteiger partial charge in [-0.05, 0) is 24.3 Å². The minimum absolute atomic E-state index is 0.331. The van der Waals surface area contributed by atoms with Gasteiger partial charge in [0.15, 0.2) is 15.1 Å². The van der Waals surface area contributed by atoms with Crippen LogP contribution in [0.15, 0.2) is 42.5 Å². The van der Waals surface area contributed by atoms with E-state index in [0.717, 1.165) is 11.3 Å².